The van der Waals surface area contributed by atoms with Gasteiger partial charge in [0.05, 0.1) is 6.42 Å². The van der Waals surface area contributed by atoms with Crippen molar-refractivity contribution in [2.45, 2.75) is 66.1 Å². The molecule has 2 aromatic rings. The van der Waals surface area contributed by atoms with Crippen molar-refractivity contribution >= 4 is 35.0 Å². The van der Waals surface area contributed by atoms with E-state index in [1.807, 2.05) is 45.9 Å². The number of hydrogen-bond donors (Lipinski definition) is 1. The van der Waals surface area contributed by atoms with Crippen LogP contribution in [0.1, 0.15) is 49.4 Å². The third-order valence-corrected chi connectivity index (χ3v) is 5.96. The quantitative estimate of drug-likeness (QED) is 0.580. The van der Waals surface area contributed by atoms with Crippen LogP contribution in [0.5, 0.6) is 0 Å². The molecule has 0 unspecified atom stereocenters. The predicted octanol–water partition coefficient (Wildman–Crippen LogP) is 5.48. The smallest absolute Gasteiger partial charge is 0.242 e. The molecule has 4 nitrogen and oxygen atoms in total. The fraction of sp³-hybridized carbons (Fsp3) is 0.417. The van der Waals surface area contributed by atoms with Gasteiger partial charge < -0.3 is 10.2 Å². The molecule has 162 valence electrons. The summed E-state index contributed by atoms with van der Waals surface area (Å²) in [7, 11) is 0. The van der Waals surface area contributed by atoms with E-state index in [0.29, 0.717) is 10.0 Å². The second-order valence-corrected chi connectivity index (χ2v) is 8.70. The Morgan fingerprint density at radius 3 is 2.37 bits per heavy atom. The van der Waals surface area contributed by atoms with Crippen LogP contribution in [0.4, 0.5) is 0 Å². The molecule has 0 saturated heterocycles. The van der Waals surface area contributed by atoms with Gasteiger partial charge in [0.15, 0.2) is 0 Å². The third kappa shape index (κ3) is 6.48. The first-order chi connectivity index (χ1) is 14.1. The Morgan fingerprint density at radius 1 is 1.03 bits per heavy atom. The average Bonchev–Trinajstić information content (AvgIpc) is 2.69. The van der Waals surface area contributed by atoms with E-state index < -0.39 is 6.04 Å². The predicted molar refractivity (Wildman–Crippen MR) is 124 cm³/mol. The number of halogens is 2. The number of nitrogens with one attached hydrogen (secondary N) is 1. The molecule has 1 N–H and O–H groups in total. The lowest BCUT2D eigenvalue weighted by Crippen LogP contribution is -2.50. The molecule has 2 amide bonds. The lowest BCUT2D eigenvalue weighted by Gasteiger charge is -2.30. The molecule has 0 bridgehead atoms. The van der Waals surface area contributed by atoms with Gasteiger partial charge in [-0.05, 0) is 62.9 Å². The molecular weight excluding hydrogens is 419 g/mol. The summed E-state index contributed by atoms with van der Waals surface area (Å²) in [5, 5.41) is 3.97. The minimum absolute atomic E-state index is 0.0371. The summed E-state index contributed by atoms with van der Waals surface area (Å²) in [6.45, 7) is 9.93. The third-order valence-electron chi connectivity index (χ3n) is 5.37. The first-order valence-corrected chi connectivity index (χ1v) is 11.0. The molecule has 30 heavy (non-hydrogen) atoms. The summed E-state index contributed by atoms with van der Waals surface area (Å²) >= 11 is 12.4. The van der Waals surface area contributed by atoms with Gasteiger partial charge >= 0.3 is 0 Å². The molecule has 0 aliphatic carbocycles. The van der Waals surface area contributed by atoms with Crippen molar-refractivity contribution in [2.24, 2.45) is 0 Å². The molecule has 2 rings (SSSR count). The van der Waals surface area contributed by atoms with Gasteiger partial charge in [-0.2, -0.15) is 0 Å². The van der Waals surface area contributed by atoms with E-state index in [1.165, 1.54) is 0 Å². The van der Waals surface area contributed by atoms with Crippen molar-refractivity contribution in [3.8, 4) is 0 Å². The van der Waals surface area contributed by atoms with E-state index in [0.717, 1.165) is 28.7 Å². The van der Waals surface area contributed by atoms with Crippen LogP contribution < -0.4 is 5.32 Å². The molecule has 2 atom stereocenters. The van der Waals surface area contributed by atoms with Crippen molar-refractivity contribution in [3.05, 3.63) is 68.7 Å². The minimum atomic E-state index is -0.636. The molecule has 0 heterocycles. The van der Waals surface area contributed by atoms with Gasteiger partial charge in [-0.25, -0.2) is 0 Å². The second kappa shape index (κ2) is 10.8. The highest BCUT2D eigenvalue weighted by molar-refractivity contribution is 6.35. The lowest BCUT2D eigenvalue weighted by atomic mass is 10.0. The molecule has 6 heteroatoms. The van der Waals surface area contributed by atoms with Crippen molar-refractivity contribution in [1.29, 1.82) is 0 Å². The summed E-state index contributed by atoms with van der Waals surface area (Å²) < 4.78 is 0. The average molecular weight is 449 g/mol. The zero-order valence-corrected chi connectivity index (χ0v) is 19.8. The minimum Gasteiger partial charge on any atom is -0.352 e. The highest BCUT2D eigenvalue weighted by atomic mass is 35.5. The number of nitrogens with zero attached hydrogens (tertiary/aromatic N) is 1. The maximum atomic E-state index is 13.3. The van der Waals surface area contributed by atoms with Gasteiger partial charge in [-0.3, -0.25) is 9.59 Å². The van der Waals surface area contributed by atoms with Crippen molar-refractivity contribution in [2.75, 3.05) is 0 Å². The van der Waals surface area contributed by atoms with Crippen LogP contribution in [0.15, 0.2) is 36.4 Å². The SMILES string of the molecule is CC[C@H](C)NC(=O)[C@H](C)N(Cc1ccc(Cl)cc1Cl)C(=O)Cc1cc(C)ccc1C. The number of carbonyl (C=O) groups excluding carboxylic acids is 2. The van der Waals surface area contributed by atoms with Gasteiger partial charge in [0.2, 0.25) is 11.8 Å². The van der Waals surface area contributed by atoms with Crippen molar-refractivity contribution in [3.63, 3.8) is 0 Å². The van der Waals surface area contributed by atoms with E-state index in [9.17, 15) is 9.59 Å². The Hall–Kier alpha value is -2.04. The molecule has 0 spiro atoms. The van der Waals surface area contributed by atoms with Gasteiger partial charge in [-0.15, -0.1) is 0 Å². The number of rotatable bonds is 8. The number of carbonyl (C=O) groups is 2. The van der Waals surface area contributed by atoms with Crippen LogP contribution in [-0.2, 0) is 22.6 Å². The molecule has 0 aliphatic heterocycles. The molecule has 0 saturated carbocycles. The van der Waals surface area contributed by atoms with Gasteiger partial charge in [0.1, 0.15) is 6.04 Å². The normalized spacial score (nSPS) is 12.9. The Kier molecular flexibility index (Phi) is 8.75. The van der Waals surface area contributed by atoms with E-state index >= 15 is 0 Å². The molecule has 0 aliphatic rings. The van der Waals surface area contributed by atoms with Gasteiger partial charge in [0.25, 0.3) is 0 Å². The zero-order valence-electron chi connectivity index (χ0n) is 18.3. The number of aryl methyl sites for hydroxylation is 2. The maximum Gasteiger partial charge on any atom is 0.242 e. The van der Waals surface area contributed by atoms with E-state index in [-0.39, 0.29) is 30.8 Å². The summed E-state index contributed by atoms with van der Waals surface area (Å²) in [4.78, 5) is 27.7. The summed E-state index contributed by atoms with van der Waals surface area (Å²) in [5.74, 6) is -0.301. The van der Waals surface area contributed by atoms with Crippen LogP contribution in [-0.4, -0.2) is 28.8 Å². The van der Waals surface area contributed by atoms with E-state index in [4.69, 9.17) is 23.2 Å². The van der Waals surface area contributed by atoms with Crippen LogP contribution in [0.3, 0.4) is 0 Å². The zero-order chi connectivity index (χ0) is 22.4. The second-order valence-electron chi connectivity index (χ2n) is 7.86. The number of benzene rings is 2. The molecule has 0 fully saturated rings. The Balaban J connectivity index is 2.32. The Morgan fingerprint density at radius 2 is 1.73 bits per heavy atom. The number of hydrogen-bond acceptors (Lipinski definition) is 2. The highest BCUT2D eigenvalue weighted by Crippen LogP contribution is 2.24. The Bertz CT molecular complexity index is 914. The van der Waals surface area contributed by atoms with Gasteiger partial charge in [0, 0.05) is 22.6 Å². The van der Waals surface area contributed by atoms with Crippen LogP contribution >= 0.6 is 23.2 Å². The topological polar surface area (TPSA) is 49.4 Å². The molecule has 0 aromatic heterocycles. The van der Waals surface area contributed by atoms with Crippen LogP contribution in [0.2, 0.25) is 10.0 Å². The largest absolute Gasteiger partial charge is 0.352 e. The maximum absolute atomic E-state index is 13.3. The summed E-state index contributed by atoms with van der Waals surface area (Å²) in [6, 6.07) is 10.6. The monoisotopic (exact) mass is 448 g/mol. The first-order valence-electron chi connectivity index (χ1n) is 10.2. The molecular formula is C24H30Cl2N2O2. The Labute approximate surface area is 189 Å². The standard InChI is InChI=1S/C24H30Cl2N2O2/c1-6-17(4)27-24(30)18(5)28(14-19-9-10-21(25)13-22(19)26)23(29)12-20-11-15(2)7-8-16(20)3/h7-11,13,17-18H,6,12,14H2,1-5H3,(H,27,30)/t17-,18-/m0/s1. The van der Waals surface area contributed by atoms with Crippen LogP contribution in [0, 0.1) is 13.8 Å². The lowest BCUT2D eigenvalue weighted by molar-refractivity contribution is -0.140. The van der Waals surface area contributed by atoms with Crippen molar-refractivity contribution in [1.82, 2.24) is 10.2 Å². The van der Waals surface area contributed by atoms with Crippen molar-refractivity contribution < 1.29 is 9.59 Å². The first kappa shape index (κ1) is 24.2. The van der Waals surface area contributed by atoms with Crippen LogP contribution in [0.25, 0.3) is 0 Å². The fourth-order valence-electron chi connectivity index (χ4n) is 3.14. The molecule has 0 radical (unpaired) electrons. The fourth-order valence-corrected chi connectivity index (χ4v) is 3.61. The van der Waals surface area contributed by atoms with E-state index in [2.05, 4.69) is 5.32 Å². The van der Waals surface area contributed by atoms with E-state index in [1.54, 1.807) is 30.0 Å². The summed E-state index contributed by atoms with van der Waals surface area (Å²) in [6.07, 6.45) is 1.04. The molecule has 2 aromatic carbocycles. The summed E-state index contributed by atoms with van der Waals surface area (Å²) in [5.41, 5.74) is 3.86. The highest BCUT2D eigenvalue weighted by Gasteiger charge is 2.27. The van der Waals surface area contributed by atoms with Gasteiger partial charge in [-0.1, -0.05) is 60.0 Å². The number of amides is 2.